The highest BCUT2D eigenvalue weighted by Gasteiger charge is 2.10. The molecule has 0 saturated carbocycles. The average molecular weight is 363 g/mol. The van der Waals surface area contributed by atoms with E-state index in [4.69, 9.17) is 0 Å². The number of rotatable bonds is 11. The second kappa shape index (κ2) is 9.12. The predicted octanol–water partition coefficient (Wildman–Crippen LogP) is 3.16. The lowest BCUT2D eigenvalue weighted by molar-refractivity contribution is 0.588. The van der Waals surface area contributed by atoms with Crippen LogP contribution in [0.1, 0.15) is 45.4 Å². The number of benzene rings is 1. The first-order chi connectivity index (χ1) is 10.7. The van der Waals surface area contributed by atoms with Gasteiger partial charge in [0.15, 0.2) is 0 Å². The maximum atomic E-state index is 12.0. The second-order valence-electron chi connectivity index (χ2n) is 5.64. The van der Waals surface area contributed by atoms with Crippen molar-refractivity contribution in [2.45, 2.75) is 45.4 Å². The van der Waals surface area contributed by atoms with E-state index in [1.54, 1.807) is 0 Å². The molecule has 8 heteroatoms. The predicted molar refractivity (Wildman–Crippen MR) is 95.7 cm³/mol. The summed E-state index contributed by atoms with van der Waals surface area (Å²) in [5, 5.41) is 0. The molecule has 1 rings (SSSR count). The minimum atomic E-state index is -3.36. The van der Waals surface area contributed by atoms with Crippen molar-refractivity contribution in [3.8, 4) is 0 Å². The molecule has 0 aliphatic heterocycles. The van der Waals surface area contributed by atoms with Gasteiger partial charge in [0.25, 0.3) is 0 Å². The minimum absolute atomic E-state index is 0.0997. The van der Waals surface area contributed by atoms with Crippen LogP contribution in [0.25, 0.3) is 0 Å². The van der Waals surface area contributed by atoms with E-state index in [1.165, 1.54) is 37.1 Å². The van der Waals surface area contributed by atoms with E-state index in [-0.39, 0.29) is 5.75 Å². The SMILES string of the molecule is CCCCCCCCS(=O)(=O)Nc1ccc(NS(C)(=O)=O)cc1. The fraction of sp³-hybridized carbons (Fsp3) is 0.600. The van der Waals surface area contributed by atoms with E-state index in [0.717, 1.165) is 25.5 Å². The van der Waals surface area contributed by atoms with Crippen LogP contribution in [-0.2, 0) is 20.0 Å². The first kappa shape index (κ1) is 19.8. The normalized spacial score (nSPS) is 12.1. The summed E-state index contributed by atoms with van der Waals surface area (Å²) in [7, 11) is -6.70. The maximum absolute atomic E-state index is 12.0. The Labute approximate surface area is 139 Å². The molecule has 0 unspecified atom stereocenters. The smallest absolute Gasteiger partial charge is 0.232 e. The van der Waals surface area contributed by atoms with Crippen LogP contribution in [0, 0.1) is 0 Å². The summed E-state index contributed by atoms with van der Waals surface area (Å²) < 4.78 is 51.0. The van der Waals surface area contributed by atoms with E-state index in [1.807, 2.05) is 0 Å². The summed E-state index contributed by atoms with van der Waals surface area (Å²) in [5.41, 5.74) is 0.821. The minimum Gasteiger partial charge on any atom is -0.284 e. The average Bonchev–Trinajstić information content (AvgIpc) is 2.43. The molecule has 0 spiro atoms. The van der Waals surface area contributed by atoms with Crippen molar-refractivity contribution in [2.24, 2.45) is 0 Å². The summed E-state index contributed by atoms with van der Waals surface area (Å²) in [5.74, 6) is 0.0997. The molecule has 0 aromatic heterocycles. The van der Waals surface area contributed by atoms with Crippen LogP contribution >= 0.6 is 0 Å². The lowest BCUT2D eigenvalue weighted by Crippen LogP contribution is -2.16. The lowest BCUT2D eigenvalue weighted by atomic mass is 10.1. The van der Waals surface area contributed by atoms with Crippen LogP contribution in [0.3, 0.4) is 0 Å². The van der Waals surface area contributed by atoms with E-state index in [2.05, 4.69) is 16.4 Å². The zero-order valence-corrected chi connectivity index (χ0v) is 15.3. The Balaban J connectivity index is 2.44. The summed E-state index contributed by atoms with van der Waals surface area (Å²) in [6.45, 7) is 2.14. The molecule has 0 fully saturated rings. The molecule has 0 aliphatic carbocycles. The summed E-state index contributed by atoms with van der Waals surface area (Å²) in [6.07, 6.45) is 7.20. The van der Waals surface area contributed by atoms with Gasteiger partial charge < -0.3 is 0 Å². The van der Waals surface area contributed by atoms with Crippen molar-refractivity contribution in [2.75, 3.05) is 21.5 Å². The van der Waals surface area contributed by atoms with Crippen LogP contribution in [0.2, 0.25) is 0 Å². The molecule has 132 valence electrons. The van der Waals surface area contributed by atoms with Gasteiger partial charge in [0.1, 0.15) is 0 Å². The first-order valence-electron chi connectivity index (χ1n) is 7.80. The third-order valence-corrected chi connectivity index (χ3v) is 5.21. The molecule has 1 aromatic rings. The molecule has 0 heterocycles. The molecular weight excluding hydrogens is 336 g/mol. The second-order valence-corrected chi connectivity index (χ2v) is 9.23. The molecule has 0 radical (unpaired) electrons. The van der Waals surface area contributed by atoms with Crippen molar-refractivity contribution in [1.82, 2.24) is 0 Å². The Morgan fingerprint density at radius 3 is 1.78 bits per heavy atom. The highest BCUT2D eigenvalue weighted by molar-refractivity contribution is 7.92. The third kappa shape index (κ3) is 9.45. The topological polar surface area (TPSA) is 92.3 Å². The quantitative estimate of drug-likeness (QED) is 0.591. The van der Waals surface area contributed by atoms with Crippen LogP contribution in [0.4, 0.5) is 11.4 Å². The lowest BCUT2D eigenvalue weighted by Gasteiger charge is -2.09. The van der Waals surface area contributed by atoms with E-state index in [9.17, 15) is 16.8 Å². The highest BCUT2D eigenvalue weighted by Crippen LogP contribution is 2.16. The van der Waals surface area contributed by atoms with Crippen LogP contribution in [0.5, 0.6) is 0 Å². The molecule has 0 aliphatic rings. The van der Waals surface area contributed by atoms with Gasteiger partial charge in [0.2, 0.25) is 20.0 Å². The van der Waals surface area contributed by atoms with Gasteiger partial charge in [0.05, 0.1) is 12.0 Å². The van der Waals surface area contributed by atoms with Gasteiger partial charge in [-0.05, 0) is 30.7 Å². The standard InChI is InChI=1S/C15H26N2O4S2/c1-3-4-5-6-7-8-13-23(20,21)17-15-11-9-14(10-12-15)16-22(2,18)19/h9-12,16-17H,3-8,13H2,1-2H3. The first-order valence-corrected chi connectivity index (χ1v) is 11.3. The van der Waals surface area contributed by atoms with Crippen molar-refractivity contribution in [1.29, 1.82) is 0 Å². The number of unbranched alkanes of at least 4 members (excludes halogenated alkanes) is 5. The van der Waals surface area contributed by atoms with E-state index >= 15 is 0 Å². The molecule has 0 saturated heterocycles. The number of nitrogens with one attached hydrogen (secondary N) is 2. The van der Waals surface area contributed by atoms with Gasteiger partial charge in [-0.15, -0.1) is 0 Å². The summed E-state index contributed by atoms with van der Waals surface area (Å²) in [4.78, 5) is 0. The number of sulfonamides is 2. The van der Waals surface area contributed by atoms with Crippen LogP contribution in [-0.4, -0.2) is 28.8 Å². The molecule has 2 N–H and O–H groups in total. The molecule has 0 atom stereocenters. The number of hydrogen-bond acceptors (Lipinski definition) is 4. The zero-order chi connectivity index (χ0) is 17.3. The number of anilines is 2. The molecule has 0 amide bonds. The Bertz CT molecular complexity index is 668. The summed E-state index contributed by atoms with van der Waals surface area (Å²) >= 11 is 0. The number of hydrogen-bond donors (Lipinski definition) is 2. The fourth-order valence-corrected chi connectivity index (χ4v) is 3.87. The Kier molecular flexibility index (Phi) is 7.84. The van der Waals surface area contributed by atoms with Crippen molar-refractivity contribution in [3.63, 3.8) is 0 Å². The molecular formula is C15H26N2O4S2. The van der Waals surface area contributed by atoms with Crippen LogP contribution in [0.15, 0.2) is 24.3 Å². The van der Waals surface area contributed by atoms with Gasteiger partial charge in [0, 0.05) is 11.4 Å². The van der Waals surface area contributed by atoms with Gasteiger partial charge in [-0.2, -0.15) is 0 Å². The third-order valence-electron chi connectivity index (χ3n) is 3.23. The Hall–Kier alpha value is -1.28. The highest BCUT2D eigenvalue weighted by atomic mass is 32.2. The Morgan fingerprint density at radius 2 is 1.26 bits per heavy atom. The molecule has 23 heavy (non-hydrogen) atoms. The maximum Gasteiger partial charge on any atom is 0.232 e. The van der Waals surface area contributed by atoms with Crippen molar-refractivity contribution < 1.29 is 16.8 Å². The molecule has 1 aromatic carbocycles. The van der Waals surface area contributed by atoms with Gasteiger partial charge >= 0.3 is 0 Å². The Morgan fingerprint density at radius 1 is 0.783 bits per heavy atom. The zero-order valence-electron chi connectivity index (χ0n) is 13.7. The van der Waals surface area contributed by atoms with Gasteiger partial charge in [-0.25, -0.2) is 16.8 Å². The monoisotopic (exact) mass is 362 g/mol. The summed E-state index contributed by atoms with van der Waals surface area (Å²) in [6, 6.07) is 6.10. The van der Waals surface area contributed by atoms with E-state index in [0.29, 0.717) is 17.8 Å². The van der Waals surface area contributed by atoms with Gasteiger partial charge in [-0.1, -0.05) is 39.0 Å². The van der Waals surface area contributed by atoms with Crippen LogP contribution < -0.4 is 9.44 Å². The molecule has 6 nitrogen and oxygen atoms in total. The van der Waals surface area contributed by atoms with Crippen molar-refractivity contribution in [3.05, 3.63) is 24.3 Å². The largest absolute Gasteiger partial charge is 0.284 e. The molecule has 0 bridgehead atoms. The van der Waals surface area contributed by atoms with Gasteiger partial charge in [-0.3, -0.25) is 9.44 Å². The van der Waals surface area contributed by atoms with E-state index < -0.39 is 20.0 Å². The fourth-order valence-electron chi connectivity index (χ4n) is 2.12. The van der Waals surface area contributed by atoms with Crippen molar-refractivity contribution >= 4 is 31.4 Å².